The van der Waals surface area contributed by atoms with E-state index in [1.165, 1.54) is 6.07 Å². The van der Waals surface area contributed by atoms with E-state index in [2.05, 4.69) is 29.3 Å². The summed E-state index contributed by atoms with van der Waals surface area (Å²) >= 11 is 0. The molecule has 24 heavy (non-hydrogen) atoms. The van der Waals surface area contributed by atoms with Crippen molar-refractivity contribution >= 4 is 7.60 Å². The molecule has 0 saturated heterocycles. The first kappa shape index (κ1) is 18.6. The molecular weight excluding hydrogens is 349 g/mol. The van der Waals surface area contributed by atoms with Gasteiger partial charge < -0.3 is 4.52 Å². The maximum Gasteiger partial charge on any atom is 0.391 e. The molecule has 0 saturated carbocycles. The van der Waals surface area contributed by atoms with Crippen molar-refractivity contribution < 1.29 is 37.0 Å². The van der Waals surface area contributed by atoms with Gasteiger partial charge in [-0.3, -0.25) is 4.57 Å². The van der Waals surface area contributed by atoms with E-state index in [1.54, 1.807) is 13.8 Å². The Labute approximate surface area is 136 Å². The second-order valence-corrected chi connectivity index (χ2v) is 6.18. The van der Waals surface area contributed by atoms with Crippen LogP contribution < -0.4 is 0 Å². The number of hydrogen-bond donors (Lipinski definition) is 0. The van der Waals surface area contributed by atoms with Gasteiger partial charge in [0, 0.05) is 0 Å². The lowest BCUT2D eigenvalue weighted by molar-refractivity contribution is -0.263. The molecule has 8 nitrogen and oxygen atoms in total. The molecule has 0 unspecified atom stereocenters. The van der Waals surface area contributed by atoms with Gasteiger partial charge in [-0.2, -0.15) is 4.98 Å². The van der Waals surface area contributed by atoms with Gasteiger partial charge in [0.05, 0.1) is 13.2 Å². The smallest absolute Gasteiger partial charge is 0.334 e. The standard InChI is InChI=1S/C13H15F2N2O6P/c1-3-19-22-24(18,23-20-4-2)8-11-16-13(21-17-11)12-9(14)6-5-7-10(12)15/h5-7H,3-4,8H2,1-2H3. The highest BCUT2D eigenvalue weighted by Crippen LogP contribution is 2.51. The fourth-order valence-electron chi connectivity index (χ4n) is 1.63. The molecular formula is C13H15F2N2O6P. The van der Waals surface area contributed by atoms with Crippen molar-refractivity contribution in [1.82, 2.24) is 10.1 Å². The number of aromatic nitrogens is 2. The Morgan fingerprint density at radius 2 is 1.71 bits per heavy atom. The summed E-state index contributed by atoms with van der Waals surface area (Å²) in [6.07, 6.45) is -0.480. The molecule has 0 bridgehead atoms. The van der Waals surface area contributed by atoms with Gasteiger partial charge in [0.15, 0.2) is 5.82 Å². The first-order valence-electron chi connectivity index (χ1n) is 6.97. The summed E-state index contributed by atoms with van der Waals surface area (Å²) < 4.78 is 54.0. The molecule has 0 aliphatic rings. The Hall–Kier alpha value is -1.71. The minimum Gasteiger partial charge on any atom is -0.334 e. The van der Waals surface area contributed by atoms with Gasteiger partial charge in [0.2, 0.25) is 0 Å². The fourth-order valence-corrected chi connectivity index (χ4v) is 2.76. The zero-order chi connectivity index (χ0) is 17.6. The van der Waals surface area contributed by atoms with Crippen LogP contribution in [-0.4, -0.2) is 23.4 Å². The largest absolute Gasteiger partial charge is 0.391 e. The summed E-state index contributed by atoms with van der Waals surface area (Å²) in [4.78, 5) is 13.0. The van der Waals surface area contributed by atoms with Crippen molar-refractivity contribution in [2.45, 2.75) is 20.0 Å². The van der Waals surface area contributed by atoms with Crippen LogP contribution in [0, 0.1) is 11.6 Å². The average molecular weight is 364 g/mol. The van der Waals surface area contributed by atoms with E-state index in [-0.39, 0.29) is 19.0 Å². The number of benzene rings is 1. The minimum absolute atomic E-state index is 0.109. The molecule has 1 aromatic carbocycles. The molecule has 132 valence electrons. The van der Waals surface area contributed by atoms with E-state index in [0.717, 1.165) is 12.1 Å². The number of nitrogens with zero attached hydrogens (tertiary/aromatic N) is 2. The predicted octanol–water partition coefficient (Wildman–Crippen LogP) is 3.64. The maximum atomic E-state index is 13.7. The summed E-state index contributed by atoms with van der Waals surface area (Å²) in [7, 11) is -3.89. The summed E-state index contributed by atoms with van der Waals surface area (Å²) in [6, 6.07) is 3.29. The van der Waals surface area contributed by atoms with Crippen molar-refractivity contribution in [1.29, 1.82) is 0 Å². The molecule has 1 aromatic heterocycles. The Kier molecular flexibility index (Phi) is 6.52. The fraction of sp³-hybridized carbons (Fsp3) is 0.385. The second kappa shape index (κ2) is 8.41. The molecule has 1 heterocycles. The normalized spacial score (nSPS) is 11.8. The van der Waals surface area contributed by atoms with Crippen molar-refractivity contribution in [2.75, 3.05) is 13.2 Å². The van der Waals surface area contributed by atoms with Crippen molar-refractivity contribution in [3.05, 3.63) is 35.7 Å². The van der Waals surface area contributed by atoms with Crippen LogP contribution in [0.1, 0.15) is 19.7 Å². The molecule has 0 fully saturated rings. The zero-order valence-corrected chi connectivity index (χ0v) is 13.8. The minimum atomic E-state index is -3.89. The van der Waals surface area contributed by atoms with Gasteiger partial charge in [-0.05, 0) is 26.0 Å². The monoisotopic (exact) mass is 364 g/mol. The molecule has 2 aromatic rings. The van der Waals surface area contributed by atoms with Crippen LogP contribution in [0.4, 0.5) is 8.78 Å². The van der Waals surface area contributed by atoms with E-state index in [1.807, 2.05) is 0 Å². The predicted molar refractivity (Wildman–Crippen MR) is 76.4 cm³/mol. The van der Waals surface area contributed by atoms with Crippen LogP contribution in [0.25, 0.3) is 11.5 Å². The highest BCUT2D eigenvalue weighted by atomic mass is 31.2. The molecule has 0 aliphatic carbocycles. The van der Waals surface area contributed by atoms with Crippen LogP contribution >= 0.6 is 7.60 Å². The van der Waals surface area contributed by atoms with Gasteiger partial charge in [0.1, 0.15) is 23.4 Å². The molecule has 0 radical (unpaired) electrons. The average Bonchev–Trinajstić information content (AvgIpc) is 2.99. The zero-order valence-electron chi connectivity index (χ0n) is 12.9. The van der Waals surface area contributed by atoms with Crippen LogP contribution in [0.2, 0.25) is 0 Å². The third kappa shape index (κ3) is 4.65. The van der Waals surface area contributed by atoms with Crippen LogP contribution in [-0.2, 0) is 29.9 Å². The Balaban J connectivity index is 2.21. The van der Waals surface area contributed by atoms with Gasteiger partial charge >= 0.3 is 7.60 Å². The summed E-state index contributed by atoms with van der Waals surface area (Å²) in [5.74, 6) is -2.30. The molecule has 0 N–H and O–H groups in total. The van der Waals surface area contributed by atoms with Crippen LogP contribution in [0.15, 0.2) is 22.7 Å². The highest BCUT2D eigenvalue weighted by molar-refractivity contribution is 7.52. The third-order valence-corrected chi connectivity index (χ3v) is 3.88. The Morgan fingerprint density at radius 3 is 2.25 bits per heavy atom. The molecule has 0 aliphatic heterocycles. The first-order chi connectivity index (χ1) is 11.5. The van der Waals surface area contributed by atoms with E-state index in [9.17, 15) is 13.3 Å². The highest BCUT2D eigenvalue weighted by Gasteiger charge is 2.32. The SMILES string of the molecule is CCOOP(=O)(Cc1noc(-c2c(F)cccc2F)n1)OOCC. The number of rotatable bonds is 9. The number of hydrogen-bond acceptors (Lipinski definition) is 8. The van der Waals surface area contributed by atoms with E-state index >= 15 is 0 Å². The van der Waals surface area contributed by atoms with Gasteiger partial charge in [-0.15, -0.1) is 9.35 Å². The van der Waals surface area contributed by atoms with Crippen LogP contribution in [0.5, 0.6) is 0 Å². The maximum absolute atomic E-state index is 13.7. The molecule has 2 rings (SSSR count). The summed E-state index contributed by atoms with van der Waals surface area (Å²) in [5.41, 5.74) is -0.484. The summed E-state index contributed by atoms with van der Waals surface area (Å²) in [6.45, 7) is 3.44. The van der Waals surface area contributed by atoms with E-state index in [0.29, 0.717) is 0 Å². The van der Waals surface area contributed by atoms with Crippen molar-refractivity contribution in [3.8, 4) is 11.5 Å². The topological polar surface area (TPSA) is 92.9 Å². The molecule has 0 atom stereocenters. The lowest BCUT2D eigenvalue weighted by Gasteiger charge is -2.13. The Bertz CT molecular complexity index is 694. The van der Waals surface area contributed by atoms with Gasteiger partial charge in [-0.25, -0.2) is 18.6 Å². The molecule has 0 amide bonds. The first-order valence-corrected chi connectivity index (χ1v) is 8.70. The molecule has 0 spiro atoms. The Morgan fingerprint density at radius 1 is 1.12 bits per heavy atom. The summed E-state index contributed by atoms with van der Waals surface area (Å²) in [5, 5.41) is 3.51. The third-order valence-electron chi connectivity index (χ3n) is 2.55. The number of halogens is 2. The van der Waals surface area contributed by atoms with Crippen molar-refractivity contribution in [3.63, 3.8) is 0 Å². The lowest BCUT2D eigenvalue weighted by Crippen LogP contribution is -2.02. The quantitative estimate of drug-likeness (QED) is 0.378. The van der Waals surface area contributed by atoms with Crippen LogP contribution in [0.3, 0.4) is 0 Å². The van der Waals surface area contributed by atoms with E-state index < -0.39 is 36.8 Å². The van der Waals surface area contributed by atoms with Gasteiger partial charge in [-0.1, -0.05) is 11.2 Å². The van der Waals surface area contributed by atoms with Gasteiger partial charge in [0.25, 0.3) is 5.89 Å². The molecule has 11 heteroatoms. The van der Waals surface area contributed by atoms with Crippen molar-refractivity contribution in [2.24, 2.45) is 0 Å². The lowest BCUT2D eigenvalue weighted by atomic mass is 10.2. The van der Waals surface area contributed by atoms with E-state index in [4.69, 9.17) is 4.52 Å². The second-order valence-electron chi connectivity index (χ2n) is 4.34.